The second-order valence-corrected chi connectivity index (χ2v) is 11.7. The molecule has 1 aliphatic heterocycles. The molecule has 1 unspecified atom stereocenters. The Kier molecular flexibility index (Phi) is 8.21. The van der Waals surface area contributed by atoms with Gasteiger partial charge in [0.25, 0.3) is 0 Å². The van der Waals surface area contributed by atoms with E-state index in [0.29, 0.717) is 11.6 Å². The number of anilines is 3. The first-order valence-corrected chi connectivity index (χ1v) is 15.1. The summed E-state index contributed by atoms with van der Waals surface area (Å²) in [7, 11) is 2.01. The van der Waals surface area contributed by atoms with E-state index in [-0.39, 0.29) is 5.82 Å². The number of benzene rings is 1. The molecule has 0 amide bonds. The zero-order valence-corrected chi connectivity index (χ0v) is 23.3. The van der Waals surface area contributed by atoms with Crippen molar-refractivity contribution in [3.05, 3.63) is 59.5 Å². The third-order valence-electron chi connectivity index (χ3n) is 6.56. The van der Waals surface area contributed by atoms with Crippen LogP contribution in [0.15, 0.2) is 48.0 Å². The van der Waals surface area contributed by atoms with Crippen molar-refractivity contribution < 1.29 is 8.94 Å². The van der Waals surface area contributed by atoms with Crippen LogP contribution < -0.4 is 9.80 Å². The molecule has 0 N–H and O–H groups in total. The quantitative estimate of drug-likeness (QED) is 0.203. The Hall–Kier alpha value is -2.37. The van der Waals surface area contributed by atoms with E-state index in [4.69, 9.17) is 21.6 Å². The highest BCUT2D eigenvalue weighted by Crippen LogP contribution is 2.34. The number of rotatable bonds is 9. The normalized spacial score (nSPS) is 15.4. The van der Waals surface area contributed by atoms with Gasteiger partial charge in [-0.1, -0.05) is 6.92 Å². The SMILES string of the molecule is CCc1nc2ccc(N3CCN([S+]([O-])CCCCl)CC3)cn2c1N(C)c1nc(-c2ccc(F)cc2)cs1. The number of aryl methyl sites for hydroxylation is 1. The summed E-state index contributed by atoms with van der Waals surface area (Å²) in [5.41, 5.74) is 4.70. The molecule has 1 atom stereocenters. The number of alkyl halides is 1. The van der Waals surface area contributed by atoms with Crippen molar-refractivity contribution in [3.63, 3.8) is 0 Å². The van der Waals surface area contributed by atoms with Gasteiger partial charge in [0.05, 0.1) is 30.2 Å². The summed E-state index contributed by atoms with van der Waals surface area (Å²) in [6, 6.07) is 10.6. The van der Waals surface area contributed by atoms with Gasteiger partial charge in [0.1, 0.15) is 23.0 Å². The second-order valence-electron chi connectivity index (χ2n) is 8.92. The van der Waals surface area contributed by atoms with Crippen LogP contribution in [0.4, 0.5) is 21.0 Å². The summed E-state index contributed by atoms with van der Waals surface area (Å²) >= 11 is 6.35. The average Bonchev–Trinajstić information content (AvgIpc) is 3.57. The fourth-order valence-electron chi connectivity index (χ4n) is 4.57. The Balaban J connectivity index is 1.39. The second kappa shape index (κ2) is 11.6. The van der Waals surface area contributed by atoms with Gasteiger partial charge in [0.15, 0.2) is 5.13 Å². The fourth-order valence-corrected chi connectivity index (χ4v) is 6.88. The van der Waals surface area contributed by atoms with Crippen LogP contribution in [0.3, 0.4) is 0 Å². The zero-order valence-electron chi connectivity index (χ0n) is 20.9. The van der Waals surface area contributed by atoms with E-state index in [9.17, 15) is 8.94 Å². The number of piperazine rings is 1. The molecule has 4 heterocycles. The predicted octanol–water partition coefficient (Wildman–Crippen LogP) is 5.34. The van der Waals surface area contributed by atoms with Crippen LogP contribution in [-0.2, 0) is 17.8 Å². The molecule has 37 heavy (non-hydrogen) atoms. The molecular formula is C26H30ClFN6OS2. The lowest BCUT2D eigenvalue weighted by molar-refractivity contribution is 0.384. The maximum Gasteiger partial charge on any atom is 0.191 e. The minimum atomic E-state index is -0.966. The van der Waals surface area contributed by atoms with Crippen LogP contribution in [0, 0.1) is 5.82 Å². The van der Waals surface area contributed by atoms with E-state index < -0.39 is 11.4 Å². The highest BCUT2D eigenvalue weighted by atomic mass is 35.5. The number of hydrogen-bond donors (Lipinski definition) is 0. The molecule has 196 valence electrons. The van der Waals surface area contributed by atoms with Gasteiger partial charge in [0, 0.05) is 60.9 Å². The monoisotopic (exact) mass is 560 g/mol. The summed E-state index contributed by atoms with van der Waals surface area (Å²) < 4.78 is 30.0. The summed E-state index contributed by atoms with van der Waals surface area (Å²) in [4.78, 5) is 14.1. The molecule has 0 aliphatic carbocycles. The highest BCUT2D eigenvalue weighted by Gasteiger charge is 2.26. The van der Waals surface area contributed by atoms with Gasteiger partial charge in [-0.15, -0.1) is 27.2 Å². The Morgan fingerprint density at radius 3 is 2.57 bits per heavy atom. The number of halogens is 2. The Morgan fingerprint density at radius 1 is 1.11 bits per heavy atom. The number of nitrogens with zero attached hydrogens (tertiary/aromatic N) is 6. The molecule has 1 aliphatic rings. The molecule has 3 aromatic heterocycles. The molecule has 11 heteroatoms. The Morgan fingerprint density at radius 2 is 1.86 bits per heavy atom. The average molecular weight is 561 g/mol. The largest absolute Gasteiger partial charge is 0.598 e. The molecule has 1 fully saturated rings. The van der Waals surface area contributed by atoms with Crippen molar-refractivity contribution in [2.45, 2.75) is 19.8 Å². The van der Waals surface area contributed by atoms with Crippen molar-refractivity contribution in [2.75, 3.05) is 54.7 Å². The summed E-state index contributed by atoms with van der Waals surface area (Å²) in [5, 5.41) is 2.84. The molecule has 0 saturated carbocycles. The lowest BCUT2D eigenvalue weighted by Crippen LogP contribution is -2.49. The minimum Gasteiger partial charge on any atom is -0.598 e. The van der Waals surface area contributed by atoms with Crippen LogP contribution in [0.1, 0.15) is 19.0 Å². The van der Waals surface area contributed by atoms with Gasteiger partial charge in [-0.3, -0.25) is 4.40 Å². The smallest absolute Gasteiger partial charge is 0.191 e. The number of thiazole rings is 1. The Labute approximate surface area is 228 Å². The molecule has 4 aromatic rings. The van der Waals surface area contributed by atoms with Gasteiger partial charge in [0.2, 0.25) is 0 Å². The van der Waals surface area contributed by atoms with Crippen molar-refractivity contribution in [3.8, 4) is 11.3 Å². The van der Waals surface area contributed by atoms with E-state index in [2.05, 4.69) is 39.5 Å². The van der Waals surface area contributed by atoms with Crippen LogP contribution in [0.5, 0.6) is 0 Å². The van der Waals surface area contributed by atoms with Crippen molar-refractivity contribution in [2.24, 2.45) is 0 Å². The number of pyridine rings is 1. The minimum absolute atomic E-state index is 0.258. The van der Waals surface area contributed by atoms with Gasteiger partial charge in [-0.2, -0.15) is 0 Å². The van der Waals surface area contributed by atoms with E-state index >= 15 is 0 Å². The molecule has 5 rings (SSSR count). The molecule has 0 bridgehead atoms. The van der Waals surface area contributed by atoms with E-state index in [1.54, 1.807) is 23.5 Å². The third-order valence-corrected chi connectivity index (χ3v) is 9.33. The topological polar surface area (TPSA) is 63.0 Å². The lowest BCUT2D eigenvalue weighted by atomic mass is 10.2. The highest BCUT2D eigenvalue weighted by molar-refractivity contribution is 7.89. The lowest BCUT2D eigenvalue weighted by Gasteiger charge is -2.35. The molecular weight excluding hydrogens is 531 g/mol. The molecule has 7 nitrogen and oxygen atoms in total. The molecule has 1 saturated heterocycles. The standard InChI is InChI=1S/C26H30ClFN6OS2/c1-3-22-25(31(2)26-30-23(18-36-26)19-5-7-20(28)8-6-19)34-17-21(9-10-24(34)29-22)32-12-14-33(15-13-32)37(35)16-4-11-27/h5-10,17-18H,3-4,11-16H2,1-2H3. The van der Waals surface area contributed by atoms with Crippen molar-refractivity contribution in [1.82, 2.24) is 18.7 Å². The predicted molar refractivity (Wildman–Crippen MR) is 152 cm³/mol. The molecule has 1 aromatic carbocycles. The van der Waals surface area contributed by atoms with Crippen LogP contribution >= 0.6 is 22.9 Å². The first kappa shape index (κ1) is 26.2. The Bertz CT molecular complexity index is 1340. The number of fused-ring (bicyclic) bond motifs is 1. The van der Waals surface area contributed by atoms with Crippen molar-refractivity contribution in [1.29, 1.82) is 0 Å². The first-order chi connectivity index (χ1) is 18.0. The summed E-state index contributed by atoms with van der Waals surface area (Å²) in [6.07, 6.45) is 3.70. The zero-order chi connectivity index (χ0) is 25.9. The third kappa shape index (κ3) is 5.58. The van der Waals surface area contributed by atoms with Crippen LogP contribution in [0.25, 0.3) is 16.9 Å². The fraction of sp³-hybridized carbons (Fsp3) is 0.385. The van der Waals surface area contributed by atoms with E-state index in [1.165, 1.54) is 12.1 Å². The van der Waals surface area contributed by atoms with Gasteiger partial charge >= 0.3 is 0 Å². The maximum absolute atomic E-state index is 13.4. The van der Waals surface area contributed by atoms with Crippen molar-refractivity contribution >= 4 is 56.6 Å². The van der Waals surface area contributed by atoms with Gasteiger partial charge < -0.3 is 14.4 Å². The number of aromatic nitrogens is 3. The molecule has 0 radical (unpaired) electrons. The summed E-state index contributed by atoms with van der Waals surface area (Å²) in [5.74, 6) is 1.90. The van der Waals surface area contributed by atoms with E-state index in [1.807, 2.05) is 16.7 Å². The van der Waals surface area contributed by atoms with Gasteiger partial charge in [-0.25, -0.2) is 14.4 Å². The summed E-state index contributed by atoms with van der Waals surface area (Å²) in [6.45, 7) is 5.25. The maximum atomic E-state index is 13.4. The van der Waals surface area contributed by atoms with Gasteiger partial charge in [-0.05, 0) is 42.8 Å². The van der Waals surface area contributed by atoms with Crippen LogP contribution in [0.2, 0.25) is 0 Å². The van der Waals surface area contributed by atoms with E-state index in [0.717, 1.165) is 78.3 Å². The number of imidazole rings is 1. The number of hydrogen-bond acceptors (Lipinski definition) is 7. The first-order valence-electron chi connectivity index (χ1n) is 12.4. The molecule has 0 spiro atoms. The van der Waals surface area contributed by atoms with Crippen LogP contribution in [-0.4, -0.2) is 68.1 Å².